The fourth-order valence-corrected chi connectivity index (χ4v) is 3.63. The highest BCUT2D eigenvalue weighted by molar-refractivity contribution is 6.62. The molecule has 2 aliphatic heterocycles. The summed E-state index contributed by atoms with van der Waals surface area (Å²) in [5.74, 6) is -0.195. The van der Waals surface area contributed by atoms with E-state index in [2.05, 4.69) is 0 Å². The predicted molar refractivity (Wildman–Crippen MR) is 121 cm³/mol. The van der Waals surface area contributed by atoms with Crippen LogP contribution in [-0.2, 0) is 14.0 Å². The third-order valence-electron chi connectivity index (χ3n) is 6.13. The van der Waals surface area contributed by atoms with Crippen molar-refractivity contribution in [3.63, 3.8) is 0 Å². The Labute approximate surface area is 190 Å². The van der Waals surface area contributed by atoms with E-state index in [0.29, 0.717) is 23.7 Å². The molecule has 0 spiro atoms. The Morgan fingerprint density at radius 1 is 1.16 bits per heavy atom. The first-order valence-electron chi connectivity index (χ1n) is 10.5. The minimum Gasteiger partial charge on any atom is -0.444 e. The minimum atomic E-state index is -0.545. The van der Waals surface area contributed by atoms with E-state index in [-0.39, 0.29) is 18.0 Å². The zero-order valence-corrected chi connectivity index (χ0v) is 20.4. The fourth-order valence-electron chi connectivity index (χ4n) is 3.36. The fraction of sp³-hybridized carbons (Fsp3) is 0.636. The molecule has 2 amide bonds. The molecule has 0 bridgehead atoms. The van der Waals surface area contributed by atoms with Crippen molar-refractivity contribution < 1.29 is 23.6 Å². The van der Waals surface area contributed by atoms with Crippen molar-refractivity contribution in [3.8, 4) is 0 Å². The number of ether oxygens (including phenoxy) is 1. The van der Waals surface area contributed by atoms with Crippen molar-refractivity contribution in [2.75, 3.05) is 20.1 Å². The normalized spacial score (nSPS) is 20.4. The Morgan fingerprint density at radius 2 is 1.71 bits per heavy atom. The van der Waals surface area contributed by atoms with Crippen molar-refractivity contribution in [1.29, 1.82) is 0 Å². The smallest absolute Gasteiger partial charge is 0.444 e. The van der Waals surface area contributed by atoms with Gasteiger partial charge in [0, 0.05) is 20.1 Å². The molecule has 170 valence electrons. The van der Waals surface area contributed by atoms with Crippen LogP contribution in [0.2, 0.25) is 5.02 Å². The molecule has 31 heavy (non-hydrogen) atoms. The molecule has 3 rings (SSSR count). The Balaban J connectivity index is 1.63. The number of benzene rings is 1. The molecule has 0 atom stereocenters. The first-order valence-corrected chi connectivity index (χ1v) is 10.9. The molecule has 1 aromatic carbocycles. The Hall–Kier alpha value is -1.77. The molecule has 2 saturated heterocycles. The van der Waals surface area contributed by atoms with Crippen LogP contribution >= 0.6 is 11.6 Å². The minimum absolute atomic E-state index is 0.0844. The summed E-state index contributed by atoms with van der Waals surface area (Å²) in [4.78, 5) is 28.3. The van der Waals surface area contributed by atoms with Crippen molar-refractivity contribution in [3.05, 3.63) is 28.8 Å². The second-order valence-electron chi connectivity index (χ2n) is 10.3. The van der Waals surface area contributed by atoms with Gasteiger partial charge in [-0.2, -0.15) is 0 Å². The van der Waals surface area contributed by atoms with E-state index in [9.17, 15) is 9.59 Å². The van der Waals surface area contributed by atoms with Gasteiger partial charge in [0.2, 0.25) is 0 Å². The van der Waals surface area contributed by atoms with E-state index in [0.717, 1.165) is 5.46 Å². The lowest BCUT2D eigenvalue weighted by Gasteiger charge is -2.44. The summed E-state index contributed by atoms with van der Waals surface area (Å²) in [6.45, 7) is 14.3. The molecule has 0 unspecified atom stereocenters. The Morgan fingerprint density at radius 3 is 2.19 bits per heavy atom. The second kappa shape index (κ2) is 7.98. The number of nitrogens with zero attached hydrogens (tertiary/aromatic N) is 2. The van der Waals surface area contributed by atoms with Crippen LogP contribution in [0.4, 0.5) is 4.79 Å². The first-order chi connectivity index (χ1) is 14.1. The van der Waals surface area contributed by atoms with E-state index in [1.54, 1.807) is 29.0 Å². The number of hydrogen-bond acceptors (Lipinski definition) is 5. The average Bonchev–Trinajstić information content (AvgIpc) is 2.78. The van der Waals surface area contributed by atoms with Crippen LogP contribution in [0.5, 0.6) is 0 Å². The van der Waals surface area contributed by atoms with Gasteiger partial charge in [0.1, 0.15) is 5.60 Å². The Kier molecular flexibility index (Phi) is 6.15. The number of likely N-dealkylation sites (tertiary alicyclic amines) is 1. The molecule has 2 heterocycles. The summed E-state index contributed by atoms with van der Waals surface area (Å²) in [7, 11) is 1.18. The maximum absolute atomic E-state index is 13.0. The van der Waals surface area contributed by atoms with E-state index in [4.69, 9.17) is 25.6 Å². The van der Waals surface area contributed by atoms with Crippen LogP contribution in [0, 0.1) is 0 Å². The van der Waals surface area contributed by atoms with Gasteiger partial charge in [-0.25, -0.2) is 4.79 Å². The molecule has 1 aromatic rings. The van der Waals surface area contributed by atoms with Gasteiger partial charge in [-0.05, 0) is 66.1 Å². The highest BCUT2D eigenvalue weighted by Gasteiger charge is 2.51. The summed E-state index contributed by atoms with van der Waals surface area (Å²) in [5, 5.41) is 0.340. The van der Waals surface area contributed by atoms with Gasteiger partial charge in [0.15, 0.2) is 0 Å². The van der Waals surface area contributed by atoms with Gasteiger partial charge in [-0.1, -0.05) is 17.7 Å². The number of carbonyl (C=O) groups is 2. The van der Waals surface area contributed by atoms with E-state index < -0.39 is 23.9 Å². The van der Waals surface area contributed by atoms with Crippen molar-refractivity contribution >= 4 is 36.2 Å². The van der Waals surface area contributed by atoms with Gasteiger partial charge >= 0.3 is 13.2 Å². The summed E-state index contributed by atoms with van der Waals surface area (Å²) < 4.78 is 17.5. The average molecular weight is 451 g/mol. The first kappa shape index (κ1) is 23.9. The number of likely N-dealkylation sites (N-methyl/N-ethyl adjacent to an activating group) is 1. The molecule has 0 saturated carbocycles. The van der Waals surface area contributed by atoms with Crippen LogP contribution in [0.15, 0.2) is 18.2 Å². The summed E-state index contributed by atoms with van der Waals surface area (Å²) in [6, 6.07) is 5.15. The topological polar surface area (TPSA) is 68.3 Å². The maximum atomic E-state index is 13.0. The zero-order valence-electron chi connectivity index (χ0n) is 19.6. The molecule has 2 aliphatic rings. The van der Waals surface area contributed by atoms with Gasteiger partial charge in [0.05, 0.1) is 27.8 Å². The summed E-state index contributed by atoms with van der Waals surface area (Å²) in [6.07, 6.45) is -0.366. The molecule has 0 aromatic heterocycles. The molecular formula is C22H32BClN2O5. The third kappa shape index (κ3) is 4.86. The van der Waals surface area contributed by atoms with E-state index in [1.807, 2.05) is 54.5 Å². The lowest BCUT2D eigenvalue weighted by atomic mass is 9.79. The van der Waals surface area contributed by atoms with Crippen LogP contribution in [0.1, 0.15) is 58.8 Å². The predicted octanol–water partition coefficient (Wildman–Crippen LogP) is 3.33. The van der Waals surface area contributed by atoms with Gasteiger partial charge in [-0.3, -0.25) is 4.79 Å². The number of halogens is 1. The number of rotatable bonds is 3. The molecule has 0 aliphatic carbocycles. The second-order valence-corrected chi connectivity index (χ2v) is 10.7. The van der Waals surface area contributed by atoms with Crippen molar-refractivity contribution in [2.24, 2.45) is 0 Å². The summed E-state index contributed by atoms with van der Waals surface area (Å²) in [5.41, 5.74) is -0.287. The third-order valence-corrected chi connectivity index (χ3v) is 6.44. The van der Waals surface area contributed by atoms with Crippen LogP contribution in [0.3, 0.4) is 0 Å². The standard InChI is InChI=1S/C22H32BClN2O5/c1-20(2,3)29-19(28)26-12-15(13-26)25(8)18(27)16-10-9-14(11-17(16)24)23-30-21(4,5)22(6,7)31-23/h9-11,15H,12-13H2,1-8H3. The molecule has 0 radical (unpaired) electrons. The molecule has 7 nitrogen and oxygen atoms in total. The summed E-state index contributed by atoms with van der Waals surface area (Å²) >= 11 is 6.46. The highest BCUT2D eigenvalue weighted by Crippen LogP contribution is 2.36. The van der Waals surface area contributed by atoms with E-state index in [1.165, 1.54) is 0 Å². The van der Waals surface area contributed by atoms with Gasteiger partial charge in [-0.15, -0.1) is 0 Å². The van der Waals surface area contributed by atoms with Crippen LogP contribution in [0.25, 0.3) is 0 Å². The largest absolute Gasteiger partial charge is 0.494 e. The van der Waals surface area contributed by atoms with Crippen molar-refractivity contribution in [1.82, 2.24) is 9.80 Å². The lowest BCUT2D eigenvalue weighted by Crippen LogP contribution is -2.61. The number of hydrogen-bond donors (Lipinski definition) is 0. The number of carbonyl (C=O) groups excluding carboxylic acids is 2. The monoisotopic (exact) mass is 450 g/mol. The van der Waals surface area contributed by atoms with E-state index >= 15 is 0 Å². The molecule has 0 N–H and O–H groups in total. The SMILES string of the molecule is CN(C(=O)c1ccc(B2OC(C)(C)C(C)(C)O2)cc1Cl)C1CN(C(=O)OC(C)(C)C)C1. The zero-order chi connectivity index (χ0) is 23.4. The van der Waals surface area contributed by atoms with Crippen LogP contribution < -0.4 is 5.46 Å². The van der Waals surface area contributed by atoms with Crippen LogP contribution in [-0.4, -0.2) is 71.9 Å². The molecule has 2 fully saturated rings. The van der Waals surface area contributed by atoms with Gasteiger partial charge in [0.25, 0.3) is 5.91 Å². The molecular weight excluding hydrogens is 419 g/mol. The van der Waals surface area contributed by atoms with Gasteiger partial charge < -0.3 is 23.8 Å². The lowest BCUT2D eigenvalue weighted by molar-refractivity contribution is -0.00906. The highest BCUT2D eigenvalue weighted by atomic mass is 35.5. The number of amides is 2. The molecule has 9 heteroatoms. The maximum Gasteiger partial charge on any atom is 0.494 e. The quantitative estimate of drug-likeness (QED) is 0.661. The Bertz CT molecular complexity index is 861. The van der Waals surface area contributed by atoms with Crippen molar-refractivity contribution in [2.45, 2.75) is 71.3 Å².